The van der Waals surface area contributed by atoms with Crippen LogP contribution in [-0.2, 0) is 14.3 Å². The van der Waals surface area contributed by atoms with Gasteiger partial charge < -0.3 is 20.1 Å². The van der Waals surface area contributed by atoms with E-state index >= 15 is 0 Å². The van der Waals surface area contributed by atoms with Gasteiger partial charge in [0.15, 0.2) is 0 Å². The van der Waals surface area contributed by atoms with Crippen molar-refractivity contribution in [3.8, 4) is 0 Å². The van der Waals surface area contributed by atoms with Crippen LogP contribution in [0.1, 0.15) is 91.4 Å². The number of ether oxygens (including phenoxy) is 1. The van der Waals surface area contributed by atoms with E-state index < -0.39 is 5.97 Å². The molecule has 5 nitrogen and oxygen atoms in total. The number of aldehydes is 1. The van der Waals surface area contributed by atoms with E-state index in [-0.39, 0.29) is 11.9 Å². The number of carboxylic acids is 1. The van der Waals surface area contributed by atoms with Crippen LogP contribution >= 0.6 is 0 Å². The van der Waals surface area contributed by atoms with Gasteiger partial charge in [0.1, 0.15) is 6.29 Å². The minimum Gasteiger partial charge on any atom is -0.481 e. The molecule has 0 heterocycles. The molecule has 4 rings (SSSR count). The summed E-state index contributed by atoms with van der Waals surface area (Å²) in [6, 6.07) is 0. The summed E-state index contributed by atoms with van der Waals surface area (Å²) in [4.78, 5) is 19.5. The molecule has 3 unspecified atom stereocenters. The summed E-state index contributed by atoms with van der Waals surface area (Å²) in [5.74, 6) is 2.03. The first-order chi connectivity index (χ1) is 13.8. The molecule has 0 spiro atoms. The Labute approximate surface area is 182 Å². The van der Waals surface area contributed by atoms with Crippen LogP contribution in [0.5, 0.6) is 0 Å². The maximum Gasteiger partial charge on any atom is 0.303 e. The number of allylic oxidation sites excluding steroid dienone is 1. The molecule has 4 aliphatic rings. The Morgan fingerprint density at radius 1 is 1.20 bits per heavy atom. The summed E-state index contributed by atoms with van der Waals surface area (Å²) < 4.78 is 6.04. The van der Waals surface area contributed by atoms with Crippen molar-refractivity contribution in [2.75, 3.05) is 6.61 Å². The lowest BCUT2D eigenvalue weighted by Gasteiger charge is -2.57. The number of fused-ring (bicyclic) bond motifs is 5. The first kappa shape index (κ1) is 25.1. The Morgan fingerprint density at radius 2 is 1.93 bits per heavy atom. The highest BCUT2D eigenvalue weighted by Crippen LogP contribution is 2.64. The molecule has 3 N–H and O–H groups in total. The topological polar surface area (TPSA) is 95.1 Å². The lowest BCUT2D eigenvalue weighted by atomic mass is 9.48. The van der Waals surface area contributed by atoms with Crippen molar-refractivity contribution in [1.29, 1.82) is 0 Å². The molecule has 0 aromatic heterocycles. The van der Waals surface area contributed by atoms with Crippen molar-refractivity contribution in [3.63, 3.8) is 0 Å². The van der Waals surface area contributed by atoms with E-state index in [1.807, 2.05) is 0 Å². The quantitative estimate of drug-likeness (QED) is 0.384. The van der Waals surface area contributed by atoms with Crippen molar-refractivity contribution in [1.82, 2.24) is 0 Å². The molecule has 30 heavy (non-hydrogen) atoms. The summed E-state index contributed by atoms with van der Waals surface area (Å²) in [5, 5.41) is 8.77. The molecule has 5 heteroatoms. The SMILES string of the molecule is CC=O.C[C@@]12CCCC1C1CC=C3C[C@@H](OCCCC(=O)O)CC[C@]3(C)C1CC2.O. The lowest BCUT2D eigenvalue weighted by molar-refractivity contribution is -0.137. The minimum absolute atomic E-state index is 0. The highest BCUT2D eigenvalue weighted by atomic mass is 16.5. The zero-order valence-corrected chi connectivity index (χ0v) is 19.1. The molecule has 0 bridgehead atoms. The van der Waals surface area contributed by atoms with Crippen molar-refractivity contribution >= 4 is 12.3 Å². The summed E-state index contributed by atoms with van der Waals surface area (Å²) in [6.07, 6.45) is 16.5. The summed E-state index contributed by atoms with van der Waals surface area (Å²) >= 11 is 0. The summed E-state index contributed by atoms with van der Waals surface area (Å²) in [5.41, 5.74) is 2.69. The Hall–Kier alpha value is -1.20. The van der Waals surface area contributed by atoms with Crippen LogP contribution in [0.2, 0.25) is 0 Å². The molecule has 3 saturated carbocycles. The Balaban J connectivity index is 0.000000757. The van der Waals surface area contributed by atoms with Gasteiger partial charge in [0.05, 0.1) is 6.10 Å². The van der Waals surface area contributed by atoms with Gasteiger partial charge in [-0.1, -0.05) is 31.9 Å². The normalized spacial score (nSPS) is 39.1. The molecular weight excluding hydrogens is 380 g/mol. The maximum atomic E-state index is 10.7. The summed E-state index contributed by atoms with van der Waals surface area (Å²) in [7, 11) is 0. The number of carbonyl (C=O) groups is 2. The largest absolute Gasteiger partial charge is 0.481 e. The molecule has 0 aromatic carbocycles. The fraction of sp³-hybridized carbons (Fsp3) is 0.840. The standard InChI is InChI=1S/C23H36O3.C2H4O.H2O/c1-22-11-3-5-19(22)18-8-7-16-15-17(26-14-4-6-21(24)25)9-13-23(16,2)20(18)10-12-22;1-2-3;/h7,17-20H,3-6,8-15H2,1-2H3,(H,24,25);2H,1H3;1H2/t17-,18?,19?,20?,22-,23-;;/m0../s1. The van der Waals surface area contributed by atoms with Crippen LogP contribution in [-0.4, -0.2) is 35.5 Å². The lowest BCUT2D eigenvalue weighted by Crippen LogP contribution is -2.49. The molecule has 3 fully saturated rings. The van der Waals surface area contributed by atoms with Crippen LogP contribution in [0.3, 0.4) is 0 Å². The maximum absolute atomic E-state index is 10.7. The van der Waals surface area contributed by atoms with Crippen LogP contribution in [0.15, 0.2) is 11.6 Å². The first-order valence-corrected chi connectivity index (χ1v) is 11.8. The smallest absolute Gasteiger partial charge is 0.303 e. The Bertz CT molecular complexity index is 629. The van der Waals surface area contributed by atoms with Gasteiger partial charge in [-0.2, -0.15) is 0 Å². The minimum atomic E-state index is -0.720. The number of aliphatic carboxylic acids is 1. The number of carboxylic acid groups (broad SMARTS) is 1. The second kappa shape index (κ2) is 10.4. The highest BCUT2D eigenvalue weighted by molar-refractivity contribution is 5.66. The molecule has 0 aromatic rings. The van der Waals surface area contributed by atoms with Gasteiger partial charge in [-0.3, -0.25) is 4.79 Å². The van der Waals surface area contributed by atoms with Gasteiger partial charge in [0.2, 0.25) is 0 Å². The Kier molecular flexibility index (Phi) is 8.70. The van der Waals surface area contributed by atoms with E-state index in [1.165, 1.54) is 51.9 Å². The average Bonchev–Trinajstić information content (AvgIpc) is 3.07. The second-order valence-electron chi connectivity index (χ2n) is 10.3. The van der Waals surface area contributed by atoms with Crippen LogP contribution in [0.4, 0.5) is 0 Å². The summed E-state index contributed by atoms with van der Waals surface area (Å²) in [6.45, 7) is 7.16. The number of carbonyl (C=O) groups excluding carboxylic acids is 1. The van der Waals surface area contributed by atoms with Gasteiger partial charge in [0.25, 0.3) is 0 Å². The van der Waals surface area contributed by atoms with Crippen LogP contribution in [0, 0.1) is 28.6 Å². The van der Waals surface area contributed by atoms with Crippen LogP contribution < -0.4 is 0 Å². The molecule has 0 amide bonds. The third-order valence-corrected chi connectivity index (χ3v) is 8.73. The van der Waals surface area contributed by atoms with E-state index in [4.69, 9.17) is 14.6 Å². The third-order valence-electron chi connectivity index (χ3n) is 8.73. The molecule has 172 valence electrons. The van der Waals surface area contributed by atoms with Crippen molar-refractivity contribution < 1.29 is 24.9 Å². The predicted octanol–water partition coefficient (Wildman–Crippen LogP) is 4.97. The number of hydrogen-bond acceptors (Lipinski definition) is 3. The zero-order valence-electron chi connectivity index (χ0n) is 19.1. The van der Waals surface area contributed by atoms with Gasteiger partial charge in [-0.25, -0.2) is 0 Å². The highest BCUT2D eigenvalue weighted by Gasteiger charge is 2.55. The first-order valence-electron chi connectivity index (χ1n) is 11.8. The molecule has 0 aliphatic heterocycles. The zero-order chi connectivity index (χ0) is 21.1. The number of hydrogen-bond donors (Lipinski definition) is 1. The van der Waals surface area contributed by atoms with Crippen molar-refractivity contribution in [3.05, 3.63) is 11.6 Å². The average molecular weight is 423 g/mol. The van der Waals surface area contributed by atoms with Gasteiger partial charge in [-0.05, 0) is 93.3 Å². The van der Waals surface area contributed by atoms with Gasteiger partial charge >= 0.3 is 5.97 Å². The fourth-order valence-corrected chi connectivity index (χ4v) is 7.24. The van der Waals surface area contributed by atoms with Gasteiger partial charge in [-0.15, -0.1) is 0 Å². The van der Waals surface area contributed by atoms with E-state index in [1.54, 1.807) is 5.57 Å². The Morgan fingerprint density at radius 3 is 2.63 bits per heavy atom. The fourth-order valence-electron chi connectivity index (χ4n) is 7.24. The third kappa shape index (κ3) is 4.99. The van der Waals surface area contributed by atoms with Crippen molar-refractivity contribution in [2.45, 2.75) is 97.5 Å². The molecular formula is C25H42O5. The van der Waals surface area contributed by atoms with Gasteiger partial charge in [0, 0.05) is 13.0 Å². The monoisotopic (exact) mass is 422 g/mol. The van der Waals surface area contributed by atoms with E-state index in [0.717, 1.165) is 36.9 Å². The van der Waals surface area contributed by atoms with E-state index in [2.05, 4.69) is 19.9 Å². The molecule has 0 radical (unpaired) electrons. The number of rotatable bonds is 5. The predicted molar refractivity (Wildman–Crippen MR) is 118 cm³/mol. The molecule has 0 saturated heterocycles. The molecule has 6 atom stereocenters. The van der Waals surface area contributed by atoms with Crippen molar-refractivity contribution in [2.24, 2.45) is 28.6 Å². The molecule has 4 aliphatic carbocycles. The second-order valence-corrected chi connectivity index (χ2v) is 10.3. The van der Waals surface area contributed by atoms with E-state index in [9.17, 15) is 4.79 Å². The van der Waals surface area contributed by atoms with Crippen LogP contribution in [0.25, 0.3) is 0 Å². The van der Waals surface area contributed by atoms with E-state index in [0.29, 0.717) is 30.0 Å².